The molecular weight excluding hydrogens is 216 g/mol. The molecule has 0 fully saturated rings. The van der Waals surface area contributed by atoms with Crippen molar-refractivity contribution in [1.29, 1.82) is 0 Å². The summed E-state index contributed by atoms with van der Waals surface area (Å²) in [5.41, 5.74) is 7.12. The molecule has 0 atom stereocenters. The number of hydrogen-bond donors (Lipinski definition) is 1. The van der Waals surface area contributed by atoms with E-state index >= 15 is 0 Å². The number of rotatable bonds is 6. The molecule has 0 radical (unpaired) electrons. The van der Waals surface area contributed by atoms with E-state index in [0.717, 1.165) is 19.0 Å². The third-order valence-corrected chi connectivity index (χ3v) is 3.85. The van der Waals surface area contributed by atoms with Crippen LogP contribution in [-0.2, 0) is 13.1 Å². The van der Waals surface area contributed by atoms with Crippen molar-refractivity contribution < 1.29 is 0 Å². The Kier molecular flexibility index (Phi) is 5.46. The topological polar surface area (TPSA) is 29.3 Å². The lowest BCUT2D eigenvalue weighted by molar-refractivity contribution is 0.248. The molecule has 0 saturated heterocycles. The monoisotopic (exact) mass is 240 g/mol. The van der Waals surface area contributed by atoms with Crippen LogP contribution in [-0.4, -0.2) is 18.0 Å². The Balaban J connectivity index is 2.65. The number of thiophene rings is 1. The maximum absolute atomic E-state index is 5.67. The Labute approximate surface area is 103 Å². The molecule has 16 heavy (non-hydrogen) atoms. The van der Waals surface area contributed by atoms with E-state index in [9.17, 15) is 0 Å². The van der Waals surface area contributed by atoms with Gasteiger partial charge in [-0.25, -0.2) is 0 Å². The van der Waals surface area contributed by atoms with Gasteiger partial charge in [0.1, 0.15) is 0 Å². The first kappa shape index (κ1) is 13.7. The van der Waals surface area contributed by atoms with Crippen molar-refractivity contribution >= 4 is 11.3 Å². The molecule has 2 N–H and O–H groups in total. The third kappa shape index (κ3) is 3.89. The first-order valence-electron chi connectivity index (χ1n) is 6.07. The first-order valence-corrected chi connectivity index (χ1v) is 6.89. The van der Waals surface area contributed by atoms with Gasteiger partial charge in [-0.3, -0.25) is 4.90 Å². The Bertz CT molecular complexity index is 318. The highest BCUT2D eigenvalue weighted by Crippen LogP contribution is 2.22. The SMILES string of the molecule is CCN(Cc1cc(CN)sc1C)CC(C)C. The number of hydrogen-bond acceptors (Lipinski definition) is 3. The highest BCUT2D eigenvalue weighted by molar-refractivity contribution is 7.12. The summed E-state index contributed by atoms with van der Waals surface area (Å²) in [6.45, 7) is 13.0. The average Bonchev–Trinajstić information content (AvgIpc) is 2.58. The van der Waals surface area contributed by atoms with E-state index in [-0.39, 0.29) is 0 Å². The summed E-state index contributed by atoms with van der Waals surface area (Å²) in [4.78, 5) is 5.22. The van der Waals surface area contributed by atoms with Crippen LogP contribution >= 0.6 is 11.3 Å². The summed E-state index contributed by atoms with van der Waals surface area (Å²) in [6.07, 6.45) is 0. The minimum absolute atomic E-state index is 0.668. The fourth-order valence-corrected chi connectivity index (χ4v) is 2.84. The number of nitrogens with zero attached hydrogens (tertiary/aromatic N) is 1. The van der Waals surface area contributed by atoms with Crippen molar-refractivity contribution in [1.82, 2.24) is 4.90 Å². The second kappa shape index (κ2) is 6.38. The predicted molar refractivity (Wildman–Crippen MR) is 72.7 cm³/mol. The maximum Gasteiger partial charge on any atom is 0.0274 e. The van der Waals surface area contributed by atoms with Crippen LogP contribution in [0.4, 0.5) is 0 Å². The molecule has 0 aliphatic heterocycles. The van der Waals surface area contributed by atoms with Crippen LogP contribution in [0, 0.1) is 12.8 Å². The lowest BCUT2D eigenvalue weighted by Crippen LogP contribution is -2.27. The smallest absolute Gasteiger partial charge is 0.0274 e. The highest BCUT2D eigenvalue weighted by Gasteiger charge is 2.10. The summed E-state index contributed by atoms with van der Waals surface area (Å²) < 4.78 is 0. The van der Waals surface area contributed by atoms with Crippen LogP contribution in [0.2, 0.25) is 0 Å². The van der Waals surface area contributed by atoms with E-state index in [1.807, 2.05) is 11.3 Å². The van der Waals surface area contributed by atoms with Crippen molar-refractivity contribution in [2.24, 2.45) is 11.7 Å². The molecule has 0 amide bonds. The molecule has 0 bridgehead atoms. The lowest BCUT2D eigenvalue weighted by Gasteiger charge is -2.22. The lowest BCUT2D eigenvalue weighted by atomic mass is 10.1. The fourth-order valence-electron chi connectivity index (χ4n) is 1.91. The van der Waals surface area contributed by atoms with Gasteiger partial charge in [0.05, 0.1) is 0 Å². The molecule has 92 valence electrons. The highest BCUT2D eigenvalue weighted by atomic mass is 32.1. The van der Waals surface area contributed by atoms with Crippen LogP contribution in [0.3, 0.4) is 0 Å². The average molecular weight is 240 g/mol. The van der Waals surface area contributed by atoms with Gasteiger partial charge in [-0.1, -0.05) is 20.8 Å². The summed E-state index contributed by atoms with van der Waals surface area (Å²) in [5, 5.41) is 0. The van der Waals surface area contributed by atoms with Gasteiger partial charge in [0.15, 0.2) is 0 Å². The molecule has 0 aliphatic rings. The van der Waals surface area contributed by atoms with Crippen LogP contribution in [0.15, 0.2) is 6.07 Å². The van der Waals surface area contributed by atoms with Gasteiger partial charge in [-0.15, -0.1) is 11.3 Å². The van der Waals surface area contributed by atoms with E-state index in [0.29, 0.717) is 6.54 Å². The van der Waals surface area contributed by atoms with Gasteiger partial charge < -0.3 is 5.73 Å². The zero-order valence-corrected chi connectivity index (χ0v) is 11.7. The molecule has 0 aromatic carbocycles. The van der Waals surface area contributed by atoms with Gasteiger partial charge >= 0.3 is 0 Å². The van der Waals surface area contributed by atoms with Crippen molar-refractivity contribution in [2.45, 2.75) is 40.8 Å². The molecule has 1 aromatic rings. The van der Waals surface area contributed by atoms with Crippen molar-refractivity contribution in [2.75, 3.05) is 13.1 Å². The van der Waals surface area contributed by atoms with Gasteiger partial charge in [0.2, 0.25) is 0 Å². The molecule has 1 heterocycles. The fraction of sp³-hybridized carbons (Fsp3) is 0.692. The molecule has 0 spiro atoms. The van der Waals surface area contributed by atoms with Crippen LogP contribution in [0.25, 0.3) is 0 Å². The Morgan fingerprint density at radius 2 is 2.12 bits per heavy atom. The Morgan fingerprint density at radius 1 is 1.44 bits per heavy atom. The van der Waals surface area contributed by atoms with E-state index in [1.165, 1.54) is 21.9 Å². The minimum atomic E-state index is 0.668. The zero-order valence-electron chi connectivity index (χ0n) is 10.9. The number of aryl methyl sites for hydroxylation is 1. The largest absolute Gasteiger partial charge is 0.326 e. The summed E-state index contributed by atoms with van der Waals surface area (Å²) >= 11 is 1.83. The normalized spacial score (nSPS) is 11.7. The first-order chi connectivity index (χ1) is 7.56. The molecular formula is C13H24N2S. The van der Waals surface area contributed by atoms with E-state index < -0.39 is 0 Å². The molecule has 1 rings (SSSR count). The van der Waals surface area contributed by atoms with Gasteiger partial charge in [0.25, 0.3) is 0 Å². The third-order valence-electron chi connectivity index (χ3n) is 2.74. The summed E-state index contributed by atoms with van der Waals surface area (Å²) in [7, 11) is 0. The quantitative estimate of drug-likeness (QED) is 0.828. The van der Waals surface area contributed by atoms with Gasteiger partial charge in [0, 0.05) is 29.4 Å². The standard InChI is InChI=1S/C13H24N2S/c1-5-15(8-10(2)3)9-12-6-13(7-14)16-11(12)4/h6,10H,5,7-9,14H2,1-4H3. The Hall–Kier alpha value is -0.380. The van der Waals surface area contributed by atoms with Crippen molar-refractivity contribution in [3.05, 3.63) is 21.4 Å². The van der Waals surface area contributed by atoms with Crippen molar-refractivity contribution in [3.8, 4) is 0 Å². The molecule has 0 unspecified atom stereocenters. The molecule has 3 heteroatoms. The van der Waals surface area contributed by atoms with E-state index in [2.05, 4.69) is 38.7 Å². The van der Waals surface area contributed by atoms with Gasteiger partial charge in [-0.05, 0) is 31.0 Å². The molecule has 0 aliphatic carbocycles. The van der Waals surface area contributed by atoms with E-state index in [4.69, 9.17) is 5.73 Å². The van der Waals surface area contributed by atoms with Crippen LogP contribution in [0.5, 0.6) is 0 Å². The molecule has 1 aromatic heterocycles. The predicted octanol–water partition coefficient (Wildman–Crippen LogP) is 2.99. The zero-order chi connectivity index (χ0) is 12.1. The van der Waals surface area contributed by atoms with E-state index in [1.54, 1.807) is 0 Å². The molecule has 2 nitrogen and oxygen atoms in total. The second-order valence-electron chi connectivity index (χ2n) is 4.72. The summed E-state index contributed by atoms with van der Waals surface area (Å²) in [6, 6.07) is 2.27. The number of nitrogens with two attached hydrogens (primary N) is 1. The van der Waals surface area contributed by atoms with Crippen molar-refractivity contribution in [3.63, 3.8) is 0 Å². The molecule has 0 saturated carbocycles. The van der Waals surface area contributed by atoms with Gasteiger partial charge in [-0.2, -0.15) is 0 Å². The Morgan fingerprint density at radius 3 is 2.56 bits per heavy atom. The minimum Gasteiger partial charge on any atom is -0.326 e. The second-order valence-corrected chi connectivity index (χ2v) is 6.06. The van der Waals surface area contributed by atoms with Crippen LogP contribution < -0.4 is 5.73 Å². The summed E-state index contributed by atoms with van der Waals surface area (Å²) in [5.74, 6) is 0.730. The van der Waals surface area contributed by atoms with Crippen LogP contribution in [0.1, 0.15) is 36.1 Å². The maximum atomic E-state index is 5.67.